The van der Waals surface area contributed by atoms with Crippen LogP contribution in [-0.2, 0) is 0 Å². The molecule has 2 N–H and O–H groups in total. The minimum atomic E-state index is 0.302. The Hall–Kier alpha value is -0.590. The lowest BCUT2D eigenvalue weighted by molar-refractivity contribution is 0.233. The Balaban J connectivity index is 2.08. The van der Waals surface area contributed by atoms with E-state index in [9.17, 15) is 5.26 Å². The van der Waals surface area contributed by atoms with Crippen molar-refractivity contribution in [3.05, 3.63) is 0 Å². The third-order valence-corrected chi connectivity index (χ3v) is 6.94. The first-order valence-electron chi connectivity index (χ1n) is 11.1. The summed E-state index contributed by atoms with van der Waals surface area (Å²) in [6, 6.07) is 3.73. The van der Waals surface area contributed by atoms with Gasteiger partial charge in [0, 0.05) is 18.0 Å². The Morgan fingerprint density at radius 1 is 0.840 bits per heavy atom. The van der Waals surface area contributed by atoms with E-state index < -0.39 is 0 Å². The molecule has 1 aliphatic heterocycles. The van der Waals surface area contributed by atoms with Gasteiger partial charge < -0.3 is 0 Å². The molecule has 2 aliphatic rings. The highest BCUT2D eigenvalue weighted by atomic mass is 15.3. The number of nitrogens with one attached hydrogen (secondary N) is 2. The van der Waals surface area contributed by atoms with Gasteiger partial charge in [0.1, 0.15) is 0 Å². The van der Waals surface area contributed by atoms with E-state index in [0.717, 1.165) is 24.7 Å². The maximum atomic E-state index is 9.17. The van der Waals surface area contributed by atoms with Crippen molar-refractivity contribution in [2.45, 2.75) is 110 Å². The van der Waals surface area contributed by atoms with E-state index in [4.69, 9.17) is 0 Å². The van der Waals surface area contributed by atoms with Crippen molar-refractivity contribution in [2.24, 2.45) is 23.7 Å². The zero-order valence-electron chi connectivity index (χ0n) is 17.1. The largest absolute Gasteiger partial charge is 0.297 e. The van der Waals surface area contributed by atoms with Crippen molar-refractivity contribution in [1.29, 1.82) is 5.26 Å². The standard InChI is InChI=1S/C22H41N3/c1-5-9-17(7-3)20-21(18(8-4)10-6-2)25-22(24-20)19-13-11-16(15-23)12-14-19/h16-22,24-25H,5-14H2,1-4H3. The number of rotatable bonds is 9. The van der Waals surface area contributed by atoms with E-state index >= 15 is 0 Å². The van der Waals surface area contributed by atoms with E-state index in [-0.39, 0.29) is 0 Å². The second-order valence-corrected chi connectivity index (χ2v) is 8.52. The highest BCUT2D eigenvalue weighted by molar-refractivity contribution is 5.02. The van der Waals surface area contributed by atoms with Crippen LogP contribution in [0.1, 0.15) is 91.9 Å². The minimum absolute atomic E-state index is 0.302. The molecular formula is C22H41N3. The van der Waals surface area contributed by atoms with E-state index in [2.05, 4.69) is 44.4 Å². The van der Waals surface area contributed by atoms with Gasteiger partial charge in [-0.3, -0.25) is 10.6 Å². The second kappa shape index (κ2) is 10.5. The summed E-state index contributed by atoms with van der Waals surface area (Å²) in [5.41, 5.74) is 0. The predicted octanol–water partition coefficient (Wildman–Crippen LogP) is 5.23. The molecule has 0 spiro atoms. The molecule has 2 rings (SSSR count). The third-order valence-electron chi connectivity index (χ3n) is 6.94. The quantitative estimate of drug-likeness (QED) is 0.601. The van der Waals surface area contributed by atoms with Crippen molar-refractivity contribution >= 4 is 0 Å². The first-order chi connectivity index (χ1) is 12.2. The summed E-state index contributed by atoms with van der Waals surface area (Å²) in [6.45, 7) is 9.38. The lowest BCUT2D eigenvalue weighted by atomic mass is 9.80. The molecule has 4 atom stereocenters. The predicted molar refractivity (Wildman–Crippen MR) is 106 cm³/mol. The highest BCUT2D eigenvalue weighted by Crippen LogP contribution is 2.35. The molecule has 3 nitrogen and oxygen atoms in total. The number of hydrogen-bond acceptors (Lipinski definition) is 3. The van der Waals surface area contributed by atoms with Crippen molar-refractivity contribution < 1.29 is 0 Å². The zero-order valence-corrected chi connectivity index (χ0v) is 17.1. The topological polar surface area (TPSA) is 47.9 Å². The number of hydrogen-bond donors (Lipinski definition) is 2. The number of nitrogens with zero attached hydrogens (tertiary/aromatic N) is 1. The molecule has 144 valence electrons. The van der Waals surface area contributed by atoms with Gasteiger partial charge in [-0.15, -0.1) is 0 Å². The van der Waals surface area contributed by atoms with E-state index in [1.54, 1.807) is 0 Å². The molecule has 4 unspecified atom stereocenters. The maximum absolute atomic E-state index is 9.17. The fourth-order valence-electron chi connectivity index (χ4n) is 5.40. The number of nitriles is 1. The van der Waals surface area contributed by atoms with Crippen LogP contribution in [0, 0.1) is 35.0 Å². The molecule has 0 amide bonds. The average molecular weight is 348 g/mol. The van der Waals surface area contributed by atoms with Gasteiger partial charge in [-0.1, -0.05) is 53.4 Å². The van der Waals surface area contributed by atoms with Gasteiger partial charge in [0.25, 0.3) is 0 Å². The Bertz CT molecular complexity index is 386. The zero-order chi connectivity index (χ0) is 18.2. The van der Waals surface area contributed by atoms with Crippen LogP contribution < -0.4 is 10.6 Å². The summed E-state index contributed by atoms with van der Waals surface area (Å²) in [5, 5.41) is 17.3. The molecule has 0 bridgehead atoms. The van der Waals surface area contributed by atoms with E-state index in [0.29, 0.717) is 30.1 Å². The maximum Gasteiger partial charge on any atom is 0.0655 e. The Kier molecular flexibility index (Phi) is 8.73. The fourth-order valence-corrected chi connectivity index (χ4v) is 5.40. The summed E-state index contributed by atoms with van der Waals surface area (Å²) in [5.74, 6) is 2.58. The Morgan fingerprint density at radius 2 is 1.32 bits per heavy atom. The highest BCUT2D eigenvalue weighted by Gasteiger charge is 2.43. The summed E-state index contributed by atoms with van der Waals surface area (Å²) in [4.78, 5) is 0. The summed E-state index contributed by atoms with van der Waals surface area (Å²) < 4.78 is 0. The molecule has 1 saturated carbocycles. The van der Waals surface area contributed by atoms with Crippen LogP contribution >= 0.6 is 0 Å². The minimum Gasteiger partial charge on any atom is -0.297 e. The van der Waals surface area contributed by atoms with Crippen LogP contribution in [0.5, 0.6) is 0 Å². The normalized spacial score (nSPS) is 35.2. The third kappa shape index (κ3) is 5.20. The Labute approximate surface area is 156 Å². The van der Waals surface area contributed by atoms with Crippen molar-refractivity contribution in [3.63, 3.8) is 0 Å². The Morgan fingerprint density at radius 3 is 1.68 bits per heavy atom. The van der Waals surface area contributed by atoms with Crippen LogP contribution in [-0.4, -0.2) is 18.2 Å². The molecule has 25 heavy (non-hydrogen) atoms. The van der Waals surface area contributed by atoms with Gasteiger partial charge in [0.05, 0.1) is 12.2 Å². The molecule has 1 aliphatic carbocycles. The first kappa shape index (κ1) is 20.7. The lowest BCUT2D eigenvalue weighted by Crippen LogP contribution is -2.44. The van der Waals surface area contributed by atoms with Crippen molar-refractivity contribution in [1.82, 2.24) is 10.6 Å². The molecule has 0 aromatic heterocycles. The molecule has 3 heteroatoms. The van der Waals surface area contributed by atoms with Gasteiger partial charge >= 0.3 is 0 Å². The van der Waals surface area contributed by atoms with Gasteiger partial charge in [0.2, 0.25) is 0 Å². The van der Waals surface area contributed by atoms with Gasteiger partial charge in [0.15, 0.2) is 0 Å². The molecule has 2 fully saturated rings. The van der Waals surface area contributed by atoms with E-state index in [1.165, 1.54) is 51.4 Å². The molecule has 0 aromatic rings. The molecule has 0 radical (unpaired) electrons. The smallest absolute Gasteiger partial charge is 0.0655 e. The van der Waals surface area contributed by atoms with Crippen molar-refractivity contribution in [3.8, 4) is 6.07 Å². The van der Waals surface area contributed by atoms with Crippen LogP contribution in [0.25, 0.3) is 0 Å². The van der Waals surface area contributed by atoms with Crippen molar-refractivity contribution in [2.75, 3.05) is 0 Å². The second-order valence-electron chi connectivity index (χ2n) is 8.52. The van der Waals surface area contributed by atoms with Crippen LogP contribution in [0.2, 0.25) is 0 Å². The molecule has 0 aromatic carbocycles. The SMILES string of the molecule is CCCC(CC)C1NC(C2CCC(C#N)CC2)NC1C(CC)CCC. The molecule has 1 saturated heterocycles. The molecular weight excluding hydrogens is 306 g/mol. The lowest BCUT2D eigenvalue weighted by Gasteiger charge is -2.32. The summed E-state index contributed by atoms with van der Waals surface area (Å²) in [7, 11) is 0. The summed E-state index contributed by atoms with van der Waals surface area (Å²) in [6.07, 6.45) is 12.9. The first-order valence-corrected chi connectivity index (χ1v) is 11.1. The van der Waals surface area contributed by atoms with Gasteiger partial charge in [-0.25, -0.2) is 0 Å². The summed E-state index contributed by atoms with van der Waals surface area (Å²) >= 11 is 0. The fraction of sp³-hybridized carbons (Fsp3) is 0.955. The van der Waals surface area contributed by atoms with Gasteiger partial charge in [-0.2, -0.15) is 5.26 Å². The monoisotopic (exact) mass is 347 g/mol. The van der Waals surface area contributed by atoms with Crippen LogP contribution in [0.15, 0.2) is 0 Å². The molecule has 1 heterocycles. The van der Waals surface area contributed by atoms with Crippen LogP contribution in [0.4, 0.5) is 0 Å². The van der Waals surface area contributed by atoms with Gasteiger partial charge in [-0.05, 0) is 56.3 Å². The van der Waals surface area contributed by atoms with E-state index in [1.807, 2.05) is 0 Å². The average Bonchev–Trinajstić information content (AvgIpc) is 3.09. The van der Waals surface area contributed by atoms with Crippen LogP contribution in [0.3, 0.4) is 0 Å².